The number of carbonyl (C=O) groups excluding carboxylic acids is 1. The lowest BCUT2D eigenvalue weighted by molar-refractivity contribution is -0.137. The summed E-state index contributed by atoms with van der Waals surface area (Å²) in [5, 5.41) is -0.585. The van der Waals surface area contributed by atoms with Crippen LogP contribution in [0.2, 0.25) is 5.02 Å². The second kappa shape index (κ2) is 10.8. The highest BCUT2D eigenvalue weighted by Gasteiger charge is 2.36. The predicted octanol–water partition coefficient (Wildman–Crippen LogP) is 5.53. The van der Waals surface area contributed by atoms with Crippen molar-refractivity contribution in [3.8, 4) is 5.75 Å². The average molecular weight is 541 g/mol. The molecule has 0 saturated heterocycles. The van der Waals surface area contributed by atoms with Gasteiger partial charge in [0.15, 0.2) is 0 Å². The van der Waals surface area contributed by atoms with Crippen molar-refractivity contribution in [1.29, 1.82) is 0 Å². The van der Waals surface area contributed by atoms with Crippen molar-refractivity contribution in [1.82, 2.24) is 4.90 Å². The van der Waals surface area contributed by atoms with Crippen LogP contribution in [0, 0.1) is 6.92 Å². The monoisotopic (exact) mass is 540 g/mol. The number of methoxy groups -OCH3 is 1. The molecule has 0 saturated carbocycles. The van der Waals surface area contributed by atoms with Crippen LogP contribution in [0.25, 0.3) is 0 Å². The minimum absolute atomic E-state index is 0.0929. The Balaban J connectivity index is 2.02. The summed E-state index contributed by atoms with van der Waals surface area (Å²) in [6.07, 6.45) is -4.82. The summed E-state index contributed by atoms with van der Waals surface area (Å²) in [7, 11) is -1.46. The van der Waals surface area contributed by atoms with Gasteiger partial charge in [-0.1, -0.05) is 47.5 Å². The molecule has 0 fully saturated rings. The summed E-state index contributed by atoms with van der Waals surface area (Å²) < 4.78 is 73.6. The van der Waals surface area contributed by atoms with Gasteiger partial charge in [-0.2, -0.15) is 13.2 Å². The van der Waals surface area contributed by atoms with E-state index in [9.17, 15) is 26.4 Å². The molecule has 11 heteroatoms. The van der Waals surface area contributed by atoms with Crippen molar-refractivity contribution in [2.45, 2.75) is 24.5 Å². The average Bonchev–Trinajstić information content (AvgIpc) is 2.82. The van der Waals surface area contributed by atoms with Crippen molar-refractivity contribution in [3.63, 3.8) is 0 Å². The number of sulfonamides is 1. The summed E-state index contributed by atoms with van der Waals surface area (Å²) in [6, 6.07) is 15.5. The van der Waals surface area contributed by atoms with E-state index in [-0.39, 0.29) is 17.1 Å². The molecule has 0 aliphatic rings. The molecule has 0 radical (unpaired) electrons. The smallest absolute Gasteiger partial charge is 0.417 e. The maximum atomic E-state index is 13.5. The number of halogens is 4. The van der Waals surface area contributed by atoms with Gasteiger partial charge < -0.3 is 9.64 Å². The molecule has 0 bridgehead atoms. The fourth-order valence-corrected chi connectivity index (χ4v) is 5.09. The molecule has 0 unspecified atom stereocenters. The van der Waals surface area contributed by atoms with Gasteiger partial charge >= 0.3 is 6.18 Å². The van der Waals surface area contributed by atoms with Gasteiger partial charge in [-0.15, -0.1) is 0 Å². The number of likely N-dealkylation sites (N-methyl/N-ethyl adjacent to an activating group) is 1. The zero-order chi connectivity index (χ0) is 26.7. The first-order valence-electron chi connectivity index (χ1n) is 10.7. The number of alkyl halides is 3. The number of para-hydroxylation sites is 1. The van der Waals surface area contributed by atoms with Crippen LogP contribution in [0.4, 0.5) is 18.9 Å². The van der Waals surface area contributed by atoms with E-state index in [1.807, 2.05) is 0 Å². The zero-order valence-electron chi connectivity index (χ0n) is 19.7. The van der Waals surface area contributed by atoms with Gasteiger partial charge in [-0.3, -0.25) is 9.10 Å². The highest BCUT2D eigenvalue weighted by molar-refractivity contribution is 7.92. The molecule has 3 aromatic carbocycles. The summed E-state index contributed by atoms with van der Waals surface area (Å²) in [5.41, 5.74) is -0.0828. The van der Waals surface area contributed by atoms with E-state index in [0.29, 0.717) is 21.7 Å². The topological polar surface area (TPSA) is 66.9 Å². The van der Waals surface area contributed by atoms with Crippen molar-refractivity contribution < 1.29 is 31.1 Å². The van der Waals surface area contributed by atoms with Crippen LogP contribution in [0.15, 0.2) is 71.6 Å². The van der Waals surface area contributed by atoms with Crippen molar-refractivity contribution in [2.75, 3.05) is 25.0 Å². The summed E-state index contributed by atoms with van der Waals surface area (Å²) >= 11 is 5.73. The second-order valence-corrected chi connectivity index (χ2v) is 10.3. The van der Waals surface area contributed by atoms with Gasteiger partial charge in [-0.05, 0) is 43.3 Å². The fraction of sp³-hybridized carbons (Fsp3) is 0.240. The molecular formula is C25H24ClF3N2O4S. The van der Waals surface area contributed by atoms with E-state index >= 15 is 0 Å². The van der Waals surface area contributed by atoms with E-state index in [1.165, 1.54) is 31.2 Å². The van der Waals surface area contributed by atoms with Crippen molar-refractivity contribution in [2.24, 2.45) is 0 Å². The van der Waals surface area contributed by atoms with Crippen LogP contribution in [0.1, 0.15) is 16.7 Å². The van der Waals surface area contributed by atoms with Crippen molar-refractivity contribution in [3.05, 3.63) is 88.4 Å². The Kier molecular flexibility index (Phi) is 8.20. The molecule has 0 aliphatic carbocycles. The maximum Gasteiger partial charge on any atom is 0.417 e. The van der Waals surface area contributed by atoms with E-state index in [2.05, 4.69) is 0 Å². The van der Waals surface area contributed by atoms with Crippen LogP contribution in [-0.4, -0.2) is 39.9 Å². The van der Waals surface area contributed by atoms with Gasteiger partial charge in [0.2, 0.25) is 5.91 Å². The lowest BCUT2D eigenvalue weighted by Gasteiger charge is -2.27. The van der Waals surface area contributed by atoms with Gasteiger partial charge in [0, 0.05) is 19.2 Å². The van der Waals surface area contributed by atoms with Gasteiger partial charge in [0.25, 0.3) is 10.0 Å². The molecule has 0 N–H and O–H groups in total. The van der Waals surface area contributed by atoms with E-state index in [4.69, 9.17) is 16.3 Å². The fourth-order valence-electron chi connectivity index (χ4n) is 3.46. The number of hydrogen-bond acceptors (Lipinski definition) is 4. The van der Waals surface area contributed by atoms with Crippen LogP contribution >= 0.6 is 11.6 Å². The van der Waals surface area contributed by atoms with Crippen molar-refractivity contribution >= 4 is 33.2 Å². The third-order valence-electron chi connectivity index (χ3n) is 5.46. The Morgan fingerprint density at radius 2 is 1.67 bits per heavy atom. The molecule has 36 heavy (non-hydrogen) atoms. The second-order valence-electron chi connectivity index (χ2n) is 8.05. The number of nitrogens with zero attached hydrogens (tertiary/aromatic N) is 2. The quantitative estimate of drug-likeness (QED) is 0.377. The third kappa shape index (κ3) is 6.11. The highest BCUT2D eigenvalue weighted by atomic mass is 35.5. The van der Waals surface area contributed by atoms with Gasteiger partial charge in [0.1, 0.15) is 12.3 Å². The predicted molar refractivity (Wildman–Crippen MR) is 132 cm³/mol. The third-order valence-corrected chi connectivity index (χ3v) is 7.57. The number of carbonyl (C=O) groups is 1. The van der Waals surface area contributed by atoms with Crippen LogP contribution in [0.3, 0.4) is 0 Å². The largest absolute Gasteiger partial charge is 0.496 e. The van der Waals surface area contributed by atoms with Gasteiger partial charge in [0.05, 0.1) is 28.3 Å². The SMILES string of the molecule is COc1ccccc1CN(C)C(=O)CN(c1ccc(Cl)c(C(F)(F)F)c1)S(=O)(=O)c1ccc(C)cc1. The lowest BCUT2D eigenvalue weighted by Crippen LogP contribution is -2.41. The molecule has 0 atom stereocenters. The number of benzene rings is 3. The van der Waals surface area contributed by atoms with Gasteiger partial charge in [-0.25, -0.2) is 8.42 Å². The molecule has 0 aliphatic heterocycles. The first-order chi connectivity index (χ1) is 16.8. The molecular weight excluding hydrogens is 517 g/mol. The van der Waals surface area contributed by atoms with E-state index in [0.717, 1.165) is 17.7 Å². The first kappa shape index (κ1) is 27.3. The summed E-state index contributed by atoms with van der Waals surface area (Å²) in [5.74, 6) is -0.103. The summed E-state index contributed by atoms with van der Waals surface area (Å²) in [4.78, 5) is 14.2. The normalized spacial score (nSPS) is 11.8. The zero-order valence-corrected chi connectivity index (χ0v) is 21.3. The minimum Gasteiger partial charge on any atom is -0.496 e. The Bertz CT molecular complexity index is 1350. The highest BCUT2D eigenvalue weighted by Crippen LogP contribution is 2.38. The standard InChI is InChI=1S/C25H24ClF3N2O4S/c1-17-8-11-20(12-9-17)36(33,34)31(19-10-13-22(26)21(14-19)25(27,28)29)16-24(32)30(2)15-18-6-4-5-7-23(18)35-3/h4-14H,15-16H2,1-3H3. The molecule has 3 rings (SSSR count). The Morgan fingerprint density at radius 1 is 1.03 bits per heavy atom. The Labute approximate surface area is 212 Å². The van der Waals surface area contributed by atoms with Crippen LogP contribution < -0.4 is 9.04 Å². The molecule has 0 heterocycles. The molecule has 0 spiro atoms. The Morgan fingerprint density at radius 3 is 2.28 bits per heavy atom. The Hall–Kier alpha value is -3.24. The first-order valence-corrected chi connectivity index (χ1v) is 12.5. The molecule has 0 aromatic heterocycles. The molecule has 3 aromatic rings. The van der Waals surface area contributed by atoms with E-state index in [1.54, 1.807) is 43.3 Å². The molecule has 192 valence electrons. The number of hydrogen-bond donors (Lipinski definition) is 0. The number of amides is 1. The van der Waals surface area contributed by atoms with Crippen LogP contribution in [-0.2, 0) is 27.5 Å². The summed E-state index contributed by atoms with van der Waals surface area (Å²) in [6.45, 7) is 1.12. The minimum atomic E-state index is -4.82. The number of aryl methyl sites for hydroxylation is 1. The number of rotatable bonds is 8. The number of ether oxygens (including phenoxy) is 1. The van der Waals surface area contributed by atoms with E-state index < -0.39 is 39.2 Å². The lowest BCUT2D eigenvalue weighted by atomic mass is 10.2. The molecule has 1 amide bonds. The maximum absolute atomic E-state index is 13.5. The van der Waals surface area contributed by atoms with Crippen LogP contribution in [0.5, 0.6) is 5.75 Å². The molecule has 6 nitrogen and oxygen atoms in total. The number of anilines is 1.